The number of aromatic nitrogens is 2. The van der Waals surface area contributed by atoms with E-state index in [1.807, 2.05) is 30.3 Å². The van der Waals surface area contributed by atoms with Gasteiger partial charge in [-0.2, -0.15) is 0 Å². The number of hydrogen-bond donors (Lipinski definition) is 0. The largest absolute Gasteiger partial charge is 0.255 e. The van der Waals surface area contributed by atoms with Crippen molar-refractivity contribution in [2.75, 3.05) is 0 Å². The third kappa shape index (κ3) is 3.40. The Hall–Kier alpha value is -4.04. The second-order valence-electron chi connectivity index (χ2n) is 7.19. The Morgan fingerprint density at radius 1 is 0.633 bits per heavy atom. The first-order valence-electron chi connectivity index (χ1n) is 9.96. The zero-order chi connectivity index (χ0) is 20.3. The van der Waals surface area contributed by atoms with E-state index in [1.165, 1.54) is 16.7 Å². The monoisotopic (exact) mass is 384 g/mol. The van der Waals surface area contributed by atoms with E-state index in [2.05, 4.69) is 84.4 Å². The summed E-state index contributed by atoms with van der Waals surface area (Å²) in [4.78, 5) is 9.42. The van der Waals surface area contributed by atoms with Crippen LogP contribution >= 0.6 is 0 Å². The summed E-state index contributed by atoms with van der Waals surface area (Å²) in [6.07, 6.45) is 3.67. The van der Waals surface area contributed by atoms with Crippen molar-refractivity contribution in [3.63, 3.8) is 0 Å². The molecule has 0 saturated heterocycles. The number of nitrogens with zero attached hydrogens (tertiary/aromatic N) is 2. The molecule has 0 saturated carbocycles. The Balaban J connectivity index is 1.73. The van der Waals surface area contributed by atoms with Gasteiger partial charge in [0.1, 0.15) is 0 Å². The van der Waals surface area contributed by atoms with Gasteiger partial charge >= 0.3 is 0 Å². The molecule has 0 aliphatic rings. The Kier molecular flexibility index (Phi) is 4.66. The van der Waals surface area contributed by atoms with Crippen LogP contribution in [0.3, 0.4) is 0 Å². The Labute approximate surface area is 176 Å². The molecule has 3 aromatic carbocycles. The zero-order valence-corrected chi connectivity index (χ0v) is 16.5. The first-order valence-corrected chi connectivity index (χ1v) is 9.96. The van der Waals surface area contributed by atoms with Crippen molar-refractivity contribution in [1.29, 1.82) is 0 Å². The summed E-state index contributed by atoms with van der Waals surface area (Å²) in [7, 11) is 0. The minimum absolute atomic E-state index is 0.876. The molecule has 30 heavy (non-hydrogen) atoms. The van der Waals surface area contributed by atoms with Gasteiger partial charge in [0, 0.05) is 11.6 Å². The number of pyridine rings is 2. The van der Waals surface area contributed by atoms with Crippen LogP contribution in [-0.4, -0.2) is 9.97 Å². The molecule has 0 spiro atoms. The van der Waals surface area contributed by atoms with Gasteiger partial charge in [0.25, 0.3) is 0 Å². The molecule has 2 heterocycles. The van der Waals surface area contributed by atoms with Crippen LogP contribution in [-0.2, 0) is 0 Å². The third-order valence-electron chi connectivity index (χ3n) is 5.30. The molecule has 0 radical (unpaired) electrons. The van der Waals surface area contributed by atoms with Crippen molar-refractivity contribution in [2.24, 2.45) is 0 Å². The average molecular weight is 384 g/mol. The van der Waals surface area contributed by atoms with Crippen molar-refractivity contribution in [3.8, 4) is 33.6 Å². The fourth-order valence-corrected chi connectivity index (χ4v) is 3.72. The van der Waals surface area contributed by atoms with E-state index in [-0.39, 0.29) is 0 Å². The van der Waals surface area contributed by atoms with Gasteiger partial charge in [0.05, 0.1) is 16.9 Å². The first kappa shape index (κ1) is 18.0. The van der Waals surface area contributed by atoms with E-state index in [4.69, 9.17) is 4.98 Å². The molecule has 142 valence electrons. The molecular weight excluding hydrogens is 364 g/mol. The lowest BCUT2D eigenvalue weighted by atomic mass is 9.96. The molecule has 0 atom stereocenters. The third-order valence-corrected chi connectivity index (χ3v) is 5.30. The lowest BCUT2D eigenvalue weighted by Crippen LogP contribution is -1.92. The average Bonchev–Trinajstić information content (AvgIpc) is 2.84. The quantitative estimate of drug-likeness (QED) is 0.325. The summed E-state index contributed by atoms with van der Waals surface area (Å²) >= 11 is 0. The highest BCUT2D eigenvalue weighted by atomic mass is 14.8. The van der Waals surface area contributed by atoms with E-state index >= 15 is 0 Å². The zero-order valence-electron chi connectivity index (χ0n) is 16.5. The molecule has 2 nitrogen and oxygen atoms in total. The van der Waals surface area contributed by atoms with Crippen LogP contribution in [0.25, 0.3) is 50.6 Å². The van der Waals surface area contributed by atoms with Crippen LogP contribution in [0, 0.1) is 0 Å². The lowest BCUT2D eigenvalue weighted by Gasteiger charge is -2.12. The van der Waals surface area contributed by atoms with Gasteiger partial charge < -0.3 is 0 Å². The fraction of sp³-hybridized carbons (Fsp3) is 0. The van der Waals surface area contributed by atoms with E-state index in [1.54, 1.807) is 6.20 Å². The molecule has 2 aromatic heterocycles. The van der Waals surface area contributed by atoms with Crippen LogP contribution in [0.1, 0.15) is 5.56 Å². The summed E-state index contributed by atoms with van der Waals surface area (Å²) in [6, 6.07) is 33.4. The van der Waals surface area contributed by atoms with Gasteiger partial charge in [-0.15, -0.1) is 0 Å². The standard InChI is InChI=1S/C28H20N2/c1-2-20-11-13-21(14-12-20)23-15-16-26-25(18-23)24(22-8-4-3-5-9-22)19-28(30-26)27-10-6-7-17-29-27/h2-19H,1H2. The molecular formula is C28H20N2. The van der Waals surface area contributed by atoms with Gasteiger partial charge in [0.2, 0.25) is 0 Å². The molecule has 0 N–H and O–H groups in total. The Morgan fingerprint density at radius 3 is 2.13 bits per heavy atom. The van der Waals surface area contributed by atoms with Gasteiger partial charge in [-0.05, 0) is 58.1 Å². The normalized spacial score (nSPS) is 10.8. The number of fused-ring (bicyclic) bond motifs is 1. The van der Waals surface area contributed by atoms with Crippen LogP contribution < -0.4 is 0 Å². The molecule has 0 unspecified atom stereocenters. The van der Waals surface area contributed by atoms with Gasteiger partial charge in [-0.1, -0.05) is 79.4 Å². The number of benzene rings is 3. The highest BCUT2D eigenvalue weighted by Crippen LogP contribution is 2.34. The van der Waals surface area contributed by atoms with Crippen molar-refractivity contribution < 1.29 is 0 Å². The highest BCUT2D eigenvalue weighted by molar-refractivity contribution is 5.98. The van der Waals surface area contributed by atoms with Crippen LogP contribution in [0.4, 0.5) is 0 Å². The first-order chi connectivity index (χ1) is 14.8. The van der Waals surface area contributed by atoms with Gasteiger partial charge in [-0.3, -0.25) is 4.98 Å². The summed E-state index contributed by atoms with van der Waals surface area (Å²) in [5.74, 6) is 0. The fourth-order valence-electron chi connectivity index (χ4n) is 3.72. The van der Waals surface area contributed by atoms with E-state index in [0.717, 1.165) is 33.4 Å². The van der Waals surface area contributed by atoms with Crippen molar-refractivity contribution in [3.05, 3.63) is 115 Å². The highest BCUT2D eigenvalue weighted by Gasteiger charge is 2.11. The maximum Gasteiger partial charge on any atom is 0.0900 e. The maximum atomic E-state index is 4.92. The Morgan fingerprint density at radius 2 is 1.40 bits per heavy atom. The predicted molar refractivity (Wildman–Crippen MR) is 126 cm³/mol. The van der Waals surface area contributed by atoms with E-state index in [0.29, 0.717) is 0 Å². The second kappa shape index (κ2) is 7.76. The molecule has 5 aromatic rings. The smallest absolute Gasteiger partial charge is 0.0900 e. The number of hydrogen-bond acceptors (Lipinski definition) is 2. The molecule has 0 amide bonds. The van der Waals surface area contributed by atoms with E-state index in [9.17, 15) is 0 Å². The SMILES string of the molecule is C=Cc1ccc(-c2ccc3nc(-c4ccccn4)cc(-c4ccccc4)c3c2)cc1. The van der Waals surface area contributed by atoms with Gasteiger partial charge in [-0.25, -0.2) is 4.98 Å². The summed E-state index contributed by atoms with van der Waals surface area (Å²) in [6.45, 7) is 3.84. The second-order valence-corrected chi connectivity index (χ2v) is 7.19. The van der Waals surface area contributed by atoms with Gasteiger partial charge in [0.15, 0.2) is 0 Å². The minimum Gasteiger partial charge on any atom is -0.255 e. The molecule has 0 aliphatic carbocycles. The maximum absolute atomic E-state index is 4.92. The molecule has 5 rings (SSSR count). The molecule has 0 bridgehead atoms. The molecule has 0 fully saturated rings. The predicted octanol–water partition coefficient (Wildman–Crippen LogP) is 7.27. The summed E-state index contributed by atoms with van der Waals surface area (Å²) in [5, 5.41) is 1.13. The van der Waals surface area contributed by atoms with Crippen LogP contribution in [0.2, 0.25) is 0 Å². The lowest BCUT2D eigenvalue weighted by molar-refractivity contribution is 1.28. The summed E-state index contributed by atoms with van der Waals surface area (Å²) in [5.41, 5.74) is 8.51. The molecule has 2 heteroatoms. The van der Waals surface area contributed by atoms with Crippen molar-refractivity contribution >= 4 is 17.0 Å². The summed E-state index contributed by atoms with van der Waals surface area (Å²) < 4.78 is 0. The Bertz CT molecular complexity index is 1320. The van der Waals surface area contributed by atoms with E-state index < -0.39 is 0 Å². The minimum atomic E-state index is 0.876. The molecule has 0 aliphatic heterocycles. The van der Waals surface area contributed by atoms with Crippen LogP contribution in [0.15, 0.2) is 110 Å². The number of rotatable bonds is 4. The topological polar surface area (TPSA) is 25.8 Å². The van der Waals surface area contributed by atoms with Crippen LogP contribution in [0.5, 0.6) is 0 Å². The van der Waals surface area contributed by atoms with Crippen molar-refractivity contribution in [2.45, 2.75) is 0 Å². The van der Waals surface area contributed by atoms with Crippen molar-refractivity contribution in [1.82, 2.24) is 9.97 Å².